The highest BCUT2D eigenvalue weighted by molar-refractivity contribution is 7.92. The molecule has 2 aromatic rings. The lowest BCUT2D eigenvalue weighted by atomic mass is 10.1. The fraction of sp³-hybridized carbons (Fsp3) is 0.368. The maximum absolute atomic E-state index is 11.2. The van der Waals surface area contributed by atoms with Crippen molar-refractivity contribution in [2.24, 2.45) is 0 Å². The molecule has 0 heterocycles. The number of ether oxygens (including phenoxy) is 1. The van der Waals surface area contributed by atoms with Crippen LogP contribution in [0, 0.1) is 0 Å². The van der Waals surface area contributed by atoms with E-state index >= 15 is 0 Å². The second kappa shape index (κ2) is 10.3. The van der Waals surface area contributed by atoms with Gasteiger partial charge in [0.05, 0.1) is 16.3 Å². The molecule has 6 nitrogen and oxygen atoms in total. The number of sulfonamides is 1. The molecule has 0 unspecified atom stereocenters. The van der Waals surface area contributed by atoms with Gasteiger partial charge in [0.2, 0.25) is 10.0 Å². The van der Waals surface area contributed by atoms with Crippen molar-refractivity contribution in [3.05, 3.63) is 58.1 Å². The Balaban J connectivity index is 1.73. The van der Waals surface area contributed by atoms with E-state index in [2.05, 4.69) is 4.72 Å². The first-order valence-corrected chi connectivity index (χ1v) is 11.3. The largest absolute Gasteiger partial charge is 0.491 e. The third-order valence-electron chi connectivity index (χ3n) is 3.89. The number of hydrogen-bond acceptors (Lipinski definition) is 5. The molecule has 0 radical (unpaired) electrons. The van der Waals surface area contributed by atoms with Crippen LogP contribution in [0.3, 0.4) is 0 Å². The molecule has 9 heteroatoms. The summed E-state index contributed by atoms with van der Waals surface area (Å²) in [5.41, 5.74) is 1.53. The fourth-order valence-corrected chi connectivity index (χ4v) is 3.43. The highest BCUT2D eigenvalue weighted by Crippen LogP contribution is 2.23. The lowest BCUT2D eigenvalue weighted by Crippen LogP contribution is -2.34. The molecule has 0 aliphatic rings. The van der Waals surface area contributed by atoms with E-state index in [0.717, 1.165) is 24.8 Å². The molecule has 0 amide bonds. The van der Waals surface area contributed by atoms with Crippen molar-refractivity contribution in [1.29, 1.82) is 0 Å². The second-order valence-electron chi connectivity index (χ2n) is 6.62. The Morgan fingerprint density at radius 1 is 1.14 bits per heavy atom. The van der Waals surface area contributed by atoms with Gasteiger partial charge in [-0.2, -0.15) is 0 Å². The number of likely N-dealkylation sites (N-methyl/N-ethyl adjacent to an activating group) is 1. The van der Waals surface area contributed by atoms with Crippen molar-refractivity contribution in [2.75, 3.05) is 37.7 Å². The molecule has 0 saturated heterocycles. The van der Waals surface area contributed by atoms with Crippen LogP contribution < -0.4 is 9.46 Å². The van der Waals surface area contributed by atoms with E-state index in [4.69, 9.17) is 27.9 Å². The average Bonchev–Trinajstić information content (AvgIpc) is 2.61. The average molecular weight is 447 g/mol. The molecule has 2 rings (SSSR count). The summed E-state index contributed by atoms with van der Waals surface area (Å²) in [6.45, 7) is 1.34. The van der Waals surface area contributed by atoms with Crippen molar-refractivity contribution in [1.82, 2.24) is 4.90 Å². The first-order valence-electron chi connectivity index (χ1n) is 8.63. The maximum Gasteiger partial charge on any atom is 0.229 e. The van der Waals surface area contributed by atoms with Crippen LogP contribution in [-0.2, 0) is 16.4 Å². The third-order valence-corrected chi connectivity index (χ3v) is 5.23. The summed E-state index contributed by atoms with van der Waals surface area (Å²) in [6.07, 6.45) is 1.22. The number of aliphatic hydroxyl groups is 1. The number of anilines is 1. The fourth-order valence-electron chi connectivity index (χ4n) is 2.54. The number of hydrogen-bond donors (Lipinski definition) is 2. The minimum Gasteiger partial charge on any atom is -0.491 e. The first kappa shape index (κ1) is 22.8. The van der Waals surface area contributed by atoms with Crippen molar-refractivity contribution >= 4 is 38.9 Å². The molecular formula is C19H24Cl2N2O4S. The Morgan fingerprint density at radius 3 is 2.43 bits per heavy atom. The highest BCUT2D eigenvalue weighted by Gasteiger charge is 2.10. The van der Waals surface area contributed by atoms with Gasteiger partial charge in [0.25, 0.3) is 0 Å². The Hall–Kier alpha value is -1.51. The van der Waals surface area contributed by atoms with Crippen LogP contribution in [0.2, 0.25) is 10.0 Å². The Kier molecular flexibility index (Phi) is 8.39. The zero-order valence-corrected chi connectivity index (χ0v) is 18.1. The van der Waals surface area contributed by atoms with Crippen LogP contribution in [-0.4, -0.2) is 57.5 Å². The Bertz CT molecular complexity index is 876. The molecule has 0 spiro atoms. The van der Waals surface area contributed by atoms with Crippen molar-refractivity contribution in [3.63, 3.8) is 0 Å². The van der Waals surface area contributed by atoms with Gasteiger partial charge < -0.3 is 14.7 Å². The van der Waals surface area contributed by atoms with Gasteiger partial charge in [-0.3, -0.25) is 4.72 Å². The number of halogens is 2. The predicted molar refractivity (Wildman–Crippen MR) is 114 cm³/mol. The van der Waals surface area contributed by atoms with E-state index in [1.165, 1.54) is 0 Å². The molecule has 0 saturated carbocycles. The molecule has 0 aliphatic carbocycles. The molecule has 0 aromatic heterocycles. The molecule has 2 N–H and O–H groups in total. The van der Waals surface area contributed by atoms with Gasteiger partial charge >= 0.3 is 0 Å². The lowest BCUT2D eigenvalue weighted by molar-refractivity contribution is 0.0767. The van der Waals surface area contributed by atoms with Gasteiger partial charge in [0, 0.05) is 18.8 Å². The topological polar surface area (TPSA) is 78.9 Å². The van der Waals surface area contributed by atoms with Crippen molar-refractivity contribution in [3.8, 4) is 5.75 Å². The summed E-state index contributed by atoms with van der Waals surface area (Å²) in [6, 6.07) is 12.1. The Morgan fingerprint density at radius 2 is 1.82 bits per heavy atom. The molecule has 2 aromatic carbocycles. The predicted octanol–water partition coefficient (Wildman–Crippen LogP) is 3.28. The number of nitrogens with zero attached hydrogens (tertiary/aromatic N) is 1. The summed E-state index contributed by atoms with van der Waals surface area (Å²) in [4.78, 5) is 2.01. The SMILES string of the molecule is CN(CCc1ccc(Cl)c(Cl)c1)C[C@H](O)COc1ccc(NS(C)(=O)=O)cc1. The second-order valence-corrected chi connectivity index (χ2v) is 9.19. The summed E-state index contributed by atoms with van der Waals surface area (Å²) in [5, 5.41) is 11.2. The smallest absolute Gasteiger partial charge is 0.229 e. The monoisotopic (exact) mass is 446 g/mol. The van der Waals surface area contributed by atoms with Gasteiger partial charge in [-0.15, -0.1) is 0 Å². The molecule has 1 atom stereocenters. The molecule has 0 aliphatic heterocycles. The number of aliphatic hydroxyl groups excluding tert-OH is 1. The van der Waals surface area contributed by atoms with Crippen molar-refractivity contribution < 1.29 is 18.3 Å². The van der Waals surface area contributed by atoms with Gasteiger partial charge in [-0.25, -0.2) is 8.42 Å². The van der Waals surface area contributed by atoms with Gasteiger partial charge in [-0.05, 0) is 55.4 Å². The molecule has 0 bridgehead atoms. The normalized spacial score (nSPS) is 12.8. The van der Waals surface area contributed by atoms with E-state index in [0.29, 0.717) is 28.0 Å². The third kappa shape index (κ3) is 8.24. The quantitative estimate of drug-likeness (QED) is 0.585. The first-order chi connectivity index (χ1) is 13.1. The molecule has 154 valence electrons. The summed E-state index contributed by atoms with van der Waals surface area (Å²) >= 11 is 11.9. The van der Waals surface area contributed by atoms with E-state index in [9.17, 15) is 13.5 Å². The minimum absolute atomic E-state index is 0.135. The van der Waals surface area contributed by atoms with Crippen LogP contribution in [0.5, 0.6) is 5.75 Å². The van der Waals surface area contributed by atoms with Crippen molar-refractivity contribution in [2.45, 2.75) is 12.5 Å². The van der Waals surface area contributed by atoms with Crippen LogP contribution in [0.25, 0.3) is 0 Å². The number of nitrogens with one attached hydrogen (secondary N) is 1. The van der Waals surface area contributed by atoms with Gasteiger partial charge in [0.1, 0.15) is 18.5 Å². The zero-order valence-electron chi connectivity index (χ0n) is 15.7. The maximum atomic E-state index is 11.2. The standard InChI is InChI=1S/C19H24Cl2N2O4S/c1-23(10-9-14-3-8-18(20)19(21)11-14)12-16(24)13-27-17-6-4-15(5-7-17)22-28(2,25)26/h3-8,11,16,22,24H,9-10,12-13H2,1-2H3/t16-/m0/s1. The molecule has 0 fully saturated rings. The number of rotatable bonds is 10. The summed E-state index contributed by atoms with van der Waals surface area (Å²) < 4.78 is 30.3. The lowest BCUT2D eigenvalue weighted by Gasteiger charge is -2.21. The van der Waals surface area contributed by atoms with Gasteiger partial charge in [-0.1, -0.05) is 29.3 Å². The van der Waals surface area contributed by atoms with Crippen LogP contribution in [0.15, 0.2) is 42.5 Å². The minimum atomic E-state index is -3.31. The van der Waals surface area contributed by atoms with Crippen LogP contribution in [0.1, 0.15) is 5.56 Å². The zero-order chi connectivity index (χ0) is 20.7. The van der Waals surface area contributed by atoms with E-state index in [-0.39, 0.29) is 6.61 Å². The van der Waals surface area contributed by atoms with Crippen LogP contribution >= 0.6 is 23.2 Å². The number of benzene rings is 2. The Labute approximate surface area is 176 Å². The molecular weight excluding hydrogens is 423 g/mol. The van der Waals surface area contributed by atoms with E-state index in [1.807, 2.05) is 24.1 Å². The van der Waals surface area contributed by atoms with Gasteiger partial charge in [0.15, 0.2) is 0 Å². The van der Waals surface area contributed by atoms with E-state index < -0.39 is 16.1 Å². The van der Waals surface area contributed by atoms with Crippen LogP contribution in [0.4, 0.5) is 5.69 Å². The summed E-state index contributed by atoms with van der Waals surface area (Å²) in [7, 11) is -1.39. The molecule has 28 heavy (non-hydrogen) atoms. The van der Waals surface area contributed by atoms with E-state index in [1.54, 1.807) is 30.3 Å². The highest BCUT2D eigenvalue weighted by atomic mass is 35.5. The summed E-state index contributed by atoms with van der Waals surface area (Å²) in [5.74, 6) is 0.552.